The lowest BCUT2D eigenvalue weighted by Gasteiger charge is -2.28. The van der Waals surface area contributed by atoms with Crippen LogP contribution in [0.1, 0.15) is 35.1 Å². The molecular weight excluding hydrogens is 457 g/mol. The largest absolute Gasteiger partial charge is 0.483 e. The molecule has 0 aliphatic rings. The highest BCUT2D eigenvalue weighted by molar-refractivity contribution is 5.95. The molecule has 0 fully saturated rings. The number of aryl methyl sites for hydroxylation is 1. The Morgan fingerprint density at radius 1 is 1.29 bits per heavy atom. The first-order chi connectivity index (χ1) is 16.1. The van der Waals surface area contributed by atoms with Crippen molar-refractivity contribution in [1.82, 2.24) is 34.6 Å². The standard InChI is InChI=1S/C19H21F3N8O.CH2O2/c1-4-14(9-26-18-24-7-13(8-25-18)19(20,21)22)29(3)17(31)16-15(6-5-12(2)28-16)30-11-23-10-27-30;2-1-3/h5-8,10-11,14H,4,9H2,1-3H3,(H,24,25,26);1H,(H,2,3)/t14-;/m0./s1. The second-order valence-electron chi connectivity index (χ2n) is 6.92. The smallest absolute Gasteiger partial charge is 0.419 e. The number of hydrogen-bond donors (Lipinski definition) is 2. The molecule has 2 N–H and O–H groups in total. The van der Waals surface area contributed by atoms with E-state index in [1.165, 1.54) is 22.2 Å². The summed E-state index contributed by atoms with van der Waals surface area (Å²) < 4.78 is 39.4. The number of nitrogens with zero attached hydrogens (tertiary/aromatic N) is 7. The van der Waals surface area contributed by atoms with Gasteiger partial charge in [-0.2, -0.15) is 18.3 Å². The minimum Gasteiger partial charge on any atom is -0.483 e. The van der Waals surface area contributed by atoms with Gasteiger partial charge in [0.15, 0.2) is 5.69 Å². The first kappa shape index (κ1) is 26.2. The normalized spacial score (nSPS) is 11.7. The van der Waals surface area contributed by atoms with Crippen LogP contribution in [-0.2, 0) is 11.0 Å². The number of carboxylic acid groups (broad SMARTS) is 1. The zero-order valence-corrected chi connectivity index (χ0v) is 18.6. The van der Waals surface area contributed by atoms with E-state index in [0.29, 0.717) is 30.2 Å². The average molecular weight is 480 g/mol. The molecule has 1 atom stereocenters. The highest BCUT2D eigenvalue weighted by Crippen LogP contribution is 2.28. The Kier molecular flexibility index (Phi) is 8.98. The van der Waals surface area contributed by atoms with Crippen molar-refractivity contribution < 1.29 is 27.9 Å². The minimum atomic E-state index is -4.50. The van der Waals surface area contributed by atoms with E-state index in [9.17, 15) is 18.0 Å². The van der Waals surface area contributed by atoms with Crippen molar-refractivity contribution in [2.45, 2.75) is 32.5 Å². The van der Waals surface area contributed by atoms with Crippen molar-refractivity contribution in [3.8, 4) is 5.69 Å². The number of hydrogen-bond acceptors (Lipinski definition) is 8. The molecule has 1 amide bonds. The van der Waals surface area contributed by atoms with Crippen LogP contribution in [0.25, 0.3) is 5.69 Å². The fraction of sp³-hybridized carbons (Fsp3) is 0.350. The monoisotopic (exact) mass is 480 g/mol. The highest BCUT2D eigenvalue weighted by atomic mass is 19.4. The Morgan fingerprint density at radius 2 is 1.94 bits per heavy atom. The van der Waals surface area contributed by atoms with Crippen LogP contribution in [0.4, 0.5) is 19.1 Å². The maximum absolute atomic E-state index is 13.2. The first-order valence-corrected chi connectivity index (χ1v) is 9.93. The number of carbonyl (C=O) groups is 2. The summed E-state index contributed by atoms with van der Waals surface area (Å²) in [4.78, 5) is 38.8. The molecular formula is C20H23F3N8O3. The third-order valence-corrected chi connectivity index (χ3v) is 4.70. The van der Waals surface area contributed by atoms with Crippen LogP contribution < -0.4 is 5.32 Å². The Labute approximate surface area is 192 Å². The van der Waals surface area contributed by atoms with Gasteiger partial charge in [0.1, 0.15) is 12.7 Å². The van der Waals surface area contributed by atoms with Gasteiger partial charge < -0.3 is 15.3 Å². The topological polar surface area (TPSA) is 139 Å². The summed E-state index contributed by atoms with van der Waals surface area (Å²) in [7, 11) is 1.64. The van der Waals surface area contributed by atoms with Crippen LogP contribution in [0.15, 0.2) is 37.2 Å². The molecule has 11 nitrogen and oxygen atoms in total. The van der Waals surface area contributed by atoms with Gasteiger partial charge >= 0.3 is 6.18 Å². The molecule has 0 aliphatic heterocycles. The maximum Gasteiger partial charge on any atom is 0.419 e. The fourth-order valence-corrected chi connectivity index (χ4v) is 2.89. The lowest BCUT2D eigenvalue weighted by Crippen LogP contribution is -2.42. The summed E-state index contributed by atoms with van der Waals surface area (Å²) in [6.45, 7) is 3.67. The molecule has 3 heterocycles. The highest BCUT2D eigenvalue weighted by Gasteiger charge is 2.31. The summed E-state index contributed by atoms with van der Waals surface area (Å²) in [5.41, 5.74) is 0.458. The van der Waals surface area contributed by atoms with Gasteiger partial charge in [0, 0.05) is 37.7 Å². The molecule has 3 aromatic rings. The number of nitrogens with one attached hydrogen (secondary N) is 1. The van der Waals surface area contributed by atoms with E-state index < -0.39 is 11.7 Å². The number of alkyl halides is 3. The van der Waals surface area contributed by atoms with E-state index in [2.05, 4.69) is 30.4 Å². The van der Waals surface area contributed by atoms with Crippen LogP contribution in [0.3, 0.4) is 0 Å². The van der Waals surface area contributed by atoms with Crippen LogP contribution in [0, 0.1) is 6.92 Å². The molecule has 0 saturated carbocycles. The number of rotatable bonds is 7. The van der Waals surface area contributed by atoms with E-state index in [-0.39, 0.29) is 36.6 Å². The van der Waals surface area contributed by atoms with Gasteiger partial charge in [-0.1, -0.05) is 6.92 Å². The molecule has 0 radical (unpaired) electrons. The second kappa shape index (κ2) is 11.7. The molecule has 3 rings (SSSR count). The van der Waals surface area contributed by atoms with Gasteiger partial charge in [0.2, 0.25) is 5.95 Å². The van der Waals surface area contributed by atoms with Crippen LogP contribution in [0.5, 0.6) is 0 Å². The predicted octanol–water partition coefficient (Wildman–Crippen LogP) is 2.44. The summed E-state index contributed by atoms with van der Waals surface area (Å²) in [6, 6.07) is 3.23. The molecule has 0 unspecified atom stereocenters. The number of amides is 1. The lowest BCUT2D eigenvalue weighted by molar-refractivity contribution is -0.138. The summed E-state index contributed by atoms with van der Waals surface area (Å²) in [5, 5.41) is 13.8. The van der Waals surface area contributed by atoms with Crippen LogP contribution in [0.2, 0.25) is 0 Å². The van der Waals surface area contributed by atoms with E-state index in [1.807, 2.05) is 6.92 Å². The summed E-state index contributed by atoms with van der Waals surface area (Å²) >= 11 is 0. The van der Waals surface area contributed by atoms with Crippen molar-refractivity contribution in [1.29, 1.82) is 0 Å². The second-order valence-corrected chi connectivity index (χ2v) is 6.92. The Balaban J connectivity index is 0.00000129. The molecule has 3 aromatic heterocycles. The predicted molar refractivity (Wildman–Crippen MR) is 114 cm³/mol. The third kappa shape index (κ3) is 6.70. The number of halogens is 3. The van der Waals surface area contributed by atoms with Gasteiger partial charge in [-0.05, 0) is 25.5 Å². The molecule has 0 saturated heterocycles. The van der Waals surface area contributed by atoms with Crippen molar-refractivity contribution in [3.63, 3.8) is 0 Å². The van der Waals surface area contributed by atoms with E-state index in [0.717, 1.165) is 0 Å². The molecule has 34 heavy (non-hydrogen) atoms. The maximum atomic E-state index is 13.2. The van der Waals surface area contributed by atoms with Crippen molar-refractivity contribution in [3.05, 3.63) is 54.1 Å². The summed E-state index contributed by atoms with van der Waals surface area (Å²) in [5.74, 6) is -0.277. The van der Waals surface area contributed by atoms with Crippen LogP contribution >= 0.6 is 0 Å². The summed E-state index contributed by atoms with van der Waals surface area (Å²) in [6.07, 6.45) is 0.350. The van der Waals surface area contributed by atoms with Gasteiger partial charge in [0.05, 0.1) is 11.3 Å². The van der Waals surface area contributed by atoms with Gasteiger partial charge in [0.25, 0.3) is 12.4 Å². The average Bonchev–Trinajstić information content (AvgIpc) is 3.34. The molecule has 0 aliphatic carbocycles. The Bertz CT molecular complexity index is 1080. The molecule has 0 spiro atoms. The molecule has 0 bridgehead atoms. The Morgan fingerprint density at radius 3 is 2.47 bits per heavy atom. The number of anilines is 1. The molecule has 182 valence electrons. The third-order valence-electron chi connectivity index (χ3n) is 4.70. The van der Waals surface area contributed by atoms with Gasteiger partial charge in [-0.15, -0.1) is 0 Å². The van der Waals surface area contributed by atoms with Crippen molar-refractivity contribution in [2.75, 3.05) is 18.9 Å². The van der Waals surface area contributed by atoms with E-state index in [4.69, 9.17) is 9.90 Å². The Hall–Kier alpha value is -4.10. The SMILES string of the molecule is CC[C@@H](CNc1ncc(C(F)(F)F)cn1)N(C)C(=O)c1nc(C)ccc1-n1cncn1.O=CO. The minimum absolute atomic E-state index is 0.0456. The van der Waals surface area contributed by atoms with E-state index in [1.54, 1.807) is 26.1 Å². The molecule has 14 heteroatoms. The van der Waals surface area contributed by atoms with Crippen molar-refractivity contribution >= 4 is 18.3 Å². The zero-order chi connectivity index (χ0) is 25.3. The number of pyridine rings is 1. The zero-order valence-electron chi connectivity index (χ0n) is 18.6. The van der Waals surface area contributed by atoms with Crippen molar-refractivity contribution in [2.24, 2.45) is 0 Å². The van der Waals surface area contributed by atoms with E-state index >= 15 is 0 Å². The first-order valence-electron chi connectivity index (χ1n) is 9.93. The fourth-order valence-electron chi connectivity index (χ4n) is 2.89. The van der Waals surface area contributed by atoms with Crippen LogP contribution in [-0.4, -0.2) is 71.7 Å². The van der Waals surface area contributed by atoms with Gasteiger partial charge in [-0.3, -0.25) is 9.59 Å². The van der Waals surface area contributed by atoms with Gasteiger partial charge in [-0.25, -0.2) is 24.6 Å². The molecule has 0 aromatic carbocycles. The quantitative estimate of drug-likeness (QED) is 0.488. The number of carbonyl (C=O) groups excluding carboxylic acids is 1. The lowest BCUT2D eigenvalue weighted by atomic mass is 10.1. The number of aromatic nitrogens is 6. The number of likely N-dealkylation sites (N-methyl/N-ethyl adjacent to an activating group) is 1.